The molecule has 3 aromatic rings. The van der Waals surface area contributed by atoms with Crippen molar-refractivity contribution in [2.24, 2.45) is 0 Å². The van der Waals surface area contributed by atoms with E-state index in [1.807, 2.05) is 31.2 Å². The van der Waals surface area contributed by atoms with Gasteiger partial charge in [-0.2, -0.15) is 0 Å². The SMILES string of the molecule is CCc1oc2ccccc2c1CN(C)C(=O)Cc1ccccc1F. The molecule has 0 N–H and O–H groups in total. The molecule has 0 radical (unpaired) electrons. The summed E-state index contributed by atoms with van der Waals surface area (Å²) in [5.74, 6) is 0.427. The quantitative estimate of drug-likeness (QED) is 0.699. The minimum Gasteiger partial charge on any atom is -0.461 e. The van der Waals surface area contributed by atoms with E-state index < -0.39 is 0 Å². The van der Waals surface area contributed by atoms with Crippen LogP contribution in [0.3, 0.4) is 0 Å². The maximum absolute atomic E-state index is 13.7. The zero-order valence-electron chi connectivity index (χ0n) is 13.9. The summed E-state index contributed by atoms with van der Waals surface area (Å²) >= 11 is 0. The Morgan fingerprint density at radius 2 is 1.83 bits per heavy atom. The second-order valence-corrected chi connectivity index (χ2v) is 5.87. The second-order valence-electron chi connectivity index (χ2n) is 5.87. The van der Waals surface area contributed by atoms with Gasteiger partial charge in [-0.25, -0.2) is 4.39 Å². The van der Waals surface area contributed by atoms with E-state index in [-0.39, 0.29) is 18.1 Å². The van der Waals surface area contributed by atoms with Crippen molar-refractivity contribution in [3.05, 3.63) is 71.2 Å². The van der Waals surface area contributed by atoms with Gasteiger partial charge in [0.2, 0.25) is 5.91 Å². The summed E-state index contributed by atoms with van der Waals surface area (Å²) in [6, 6.07) is 14.2. The average molecular weight is 325 g/mol. The maximum Gasteiger partial charge on any atom is 0.227 e. The number of benzene rings is 2. The van der Waals surface area contributed by atoms with Crippen LogP contribution >= 0.6 is 0 Å². The molecule has 24 heavy (non-hydrogen) atoms. The number of rotatable bonds is 5. The first-order valence-electron chi connectivity index (χ1n) is 8.06. The number of carbonyl (C=O) groups is 1. The lowest BCUT2D eigenvalue weighted by Gasteiger charge is -2.17. The van der Waals surface area contributed by atoms with Crippen molar-refractivity contribution in [1.82, 2.24) is 4.90 Å². The lowest BCUT2D eigenvalue weighted by atomic mass is 10.1. The minimum absolute atomic E-state index is 0.0560. The molecule has 2 aromatic carbocycles. The number of halogens is 1. The average Bonchev–Trinajstić information content (AvgIpc) is 2.94. The Balaban J connectivity index is 1.81. The van der Waals surface area contributed by atoms with Gasteiger partial charge in [-0.3, -0.25) is 4.79 Å². The third-order valence-electron chi connectivity index (χ3n) is 4.22. The zero-order valence-corrected chi connectivity index (χ0v) is 13.9. The highest BCUT2D eigenvalue weighted by molar-refractivity contribution is 5.83. The number of hydrogen-bond acceptors (Lipinski definition) is 2. The standard InChI is InChI=1S/C20H20FNO2/c1-3-18-16(15-9-5-7-11-19(15)24-18)13-22(2)20(23)12-14-8-4-6-10-17(14)21/h4-11H,3,12-13H2,1-2H3. The highest BCUT2D eigenvalue weighted by atomic mass is 19.1. The van der Waals surface area contributed by atoms with Crippen molar-refractivity contribution >= 4 is 16.9 Å². The van der Waals surface area contributed by atoms with Crippen molar-refractivity contribution in [3.8, 4) is 0 Å². The van der Waals surface area contributed by atoms with Crippen molar-refractivity contribution in [2.75, 3.05) is 7.05 Å². The largest absolute Gasteiger partial charge is 0.461 e. The molecule has 124 valence electrons. The lowest BCUT2D eigenvalue weighted by molar-refractivity contribution is -0.129. The number of hydrogen-bond donors (Lipinski definition) is 0. The third-order valence-corrected chi connectivity index (χ3v) is 4.22. The van der Waals surface area contributed by atoms with Gasteiger partial charge in [0.05, 0.1) is 6.42 Å². The normalized spacial score (nSPS) is 11.0. The topological polar surface area (TPSA) is 33.5 Å². The number of furan rings is 1. The summed E-state index contributed by atoms with van der Waals surface area (Å²) in [7, 11) is 1.74. The fraction of sp³-hybridized carbons (Fsp3) is 0.250. The molecule has 0 unspecified atom stereocenters. The number of aryl methyl sites for hydroxylation is 1. The fourth-order valence-corrected chi connectivity index (χ4v) is 2.87. The predicted molar refractivity (Wildman–Crippen MR) is 92.2 cm³/mol. The third kappa shape index (κ3) is 3.18. The maximum atomic E-state index is 13.7. The van der Waals surface area contributed by atoms with Crippen LogP contribution in [-0.2, 0) is 24.2 Å². The molecule has 4 heteroatoms. The number of likely N-dealkylation sites (N-methyl/N-ethyl adjacent to an activating group) is 1. The Hall–Kier alpha value is -2.62. The van der Waals surface area contributed by atoms with E-state index in [0.717, 1.165) is 28.7 Å². The number of para-hydroxylation sites is 1. The van der Waals surface area contributed by atoms with Crippen LogP contribution in [0, 0.1) is 5.82 Å². The summed E-state index contributed by atoms with van der Waals surface area (Å²) in [6.07, 6.45) is 0.819. The molecule has 0 spiro atoms. The van der Waals surface area contributed by atoms with E-state index in [1.54, 1.807) is 30.1 Å². The molecule has 3 nitrogen and oxygen atoms in total. The van der Waals surface area contributed by atoms with Crippen molar-refractivity contribution < 1.29 is 13.6 Å². The van der Waals surface area contributed by atoms with Crippen molar-refractivity contribution in [3.63, 3.8) is 0 Å². The first-order chi connectivity index (χ1) is 11.6. The smallest absolute Gasteiger partial charge is 0.227 e. The van der Waals surface area contributed by atoms with Crippen molar-refractivity contribution in [1.29, 1.82) is 0 Å². The first kappa shape index (κ1) is 16.2. The Morgan fingerprint density at radius 1 is 1.12 bits per heavy atom. The Labute approximate surface area is 140 Å². The van der Waals surface area contributed by atoms with E-state index >= 15 is 0 Å². The highest BCUT2D eigenvalue weighted by Crippen LogP contribution is 2.27. The van der Waals surface area contributed by atoms with Crippen LogP contribution in [-0.4, -0.2) is 17.9 Å². The molecule has 0 saturated carbocycles. The van der Waals surface area contributed by atoms with E-state index in [0.29, 0.717) is 12.1 Å². The Bertz CT molecular complexity index is 869. The minimum atomic E-state index is -0.345. The van der Waals surface area contributed by atoms with Gasteiger partial charge in [-0.1, -0.05) is 43.3 Å². The molecule has 1 heterocycles. The van der Waals surface area contributed by atoms with E-state index in [9.17, 15) is 9.18 Å². The van der Waals surface area contributed by atoms with Crippen LogP contribution < -0.4 is 0 Å². The van der Waals surface area contributed by atoms with Crippen LogP contribution in [0.15, 0.2) is 52.9 Å². The summed E-state index contributed by atoms with van der Waals surface area (Å²) in [6.45, 7) is 2.48. The molecule has 0 aliphatic carbocycles. The van der Waals surface area contributed by atoms with Gasteiger partial charge in [0.1, 0.15) is 17.2 Å². The molecule has 0 aliphatic rings. The number of nitrogens with zero attached hydrogens (tertiary/aromatic N) is 1. The summed E-state index contributed by atoms with van der Waals surface area (Å²) in [4.78, 5) is 14.1. The first-order valence-corrected chi connectivity index (χ1v) is 8.06. The van der Waals surface area contributed by atoms with E-state index in [1.165, 1.54) is 6.07 Å². The van der Waals surface area contributed by atoms with Gasteiger partial charge in [0.25, 0.3) is 0 Å². The highest BCUT2D eigenvalue weighted by Gasteiger charge is 2.18. The number of amides is 1. The Kier molecular flexibility index (Phi) is 4.65. The van der Waals surface area contributed by atoms with Crippen LogP contribution in [0.5, 0.6) is 0 Å². The van der Waals surface area contributed by atoms with Crippen molar-refractivity contribution in [2.45, 2.75) is 26.3 Å². The van der Waals surface area contributed by atoms with Crippen LogP contribution in [0.1, 0.15) is 23.8 Å². The molecular formula is C20H20FNO2. The molecular weight excluding hydrogens is 305 g/mol. The zero-order chi connectivity index (χ0) is 17.1. The summed E-state index contributed by atoms with van der Waals surface area (Å²) < 4.78 is 19.6. The van der Waals surface area contributed by atoms with Gasteiger partial charge in [0.15, 0.2) is 0 Å². The monoisotopic (exact) mass is 325 g/mol. The van der Waals surface area contributed by atoms with E-state index in [2.05, 4.69) is 0 Å². The molecule has 1 aromatic heterocycles. The predicted octanol–water partition coefficient (Wildman–Crippen LogP) is 4.34. The number of fused-ring (bicyclic) bond motifs is 1. The van der Waals surface area contributed by atoms with Gasteiger partial charge in [0, 0.05) is 31.0 Å². The molecule has 3 rings (SSSR count). The lowest BCUT2D eigenvalue weighted by Crippen LogP contribution is -2.28. The molecule has 1 amide bonds. The number of carbonyl (C=O) groups excluding carboxylic acids is 1. The van der Waals surface area contributed by atoms with E-state index in [4.69, 9.17) is 4.42 Å². The van der Waals surface area contributed by atoms with Gasteiger partial charge in [-0.15, -0.1) is 0 Å². The summed E-state index contributed by atoms with van der Waals surface area (Å²) in [5.41, 5.74) is 2.28. The van der Waals surface area contributed by atoms with Gasteiger partial charge in [-0.05, 0) is 17.7 Å². The molecule has 0 bridgehead atoms. The van der Waals surface area contributed by atoms with Gasteiger partial charge >= 0.3 is 0 Å². The molecule has 0 fully saturated rings. The van der Waals surface area contributed by atoms with Crippen LogP contribution in [0.2, 0.25) is 0 Å². The molecule has 0 saturated heterocycles. The molecule has 0 aliphatic heterocycles. The fourth-order valence-electron chi connectivity index (χ4n) is 2.87. The van der Waals surface area contributed by atoms with Gasteiger partial charge < -0.3 is 9.32 Å². The second kappa shape index (κ2) is 6.87. The Morgan fingerprint density at radius 3 is 2.58 bits per heavy atom. The van der Waals surface area contributed by atoms with Crippen LogP contribution in [0.4, 0.5) is 4.39 Å². The van der Waals surface area contributed by atoms with Crippen LogP contribution in [0.25, 0.3) is 11.0 Å². The molecule has 0 atom stereocenters. The summed E-state index contributed by atoms with van der Waals surface area (Å²) in [5, 5.41) is 1.03.